The maximum atomic E-state index is 12.7. The maximum absolute atomic E-state index is 12.7. The molecule has 0 radical (unpaired) electrons. The molecule has 0 aliphatic heterocycles. The number of nitrogens with zero attached hydrogens (tertiary/aromatic N) is 3. The Labute approximate surface area is 137 Å². The van der Waals surface area contributed by atoms with Gasteiger partial charge < -0.3 is 5.32 Å². The van der Waals surface area contributed by atoms with Gasteiger partial charge in [0, 0.05) is 0 Å². The molecule has 0 saturated carbocycles. The van der Waals surface area contributed by atoms with Crippen LogP contribution in [0, 0.1) is 34.0 Å². The Bertz CT molecular complexity index is 763. The zero-order chi connectivity index (χ0) is 17.1. The second-order valence-electron chi connectivity index (χ2n) is 3.62. The first kappa shape index (κ1) is 17.9. The van der Waals surface area contributed by atoms with E-state index in [1.54, 1.807) is 0 Å². The highest BCUT2D eigenvalue weighted by molar-refractivity contribution is 6.46. The van der Waals surface area contributed by atoms with Crippen molar-refractivity contribution in [1.29, 1.82) is 15.8 Å². The summed E-state index contributed by atoms with van der Waals surface area (Å²) in [6.07, 6.45) is -4.78. The van der Waals surface area contributed by atoms with Crippen LogP contribution < -0.4 is 5.32 Å². The summed E-state index contributed by atoms with van der Waals surface area (Å²) in [5.74, 6) is 0. The molecule has 22 heavy (non-hydrogen) atoms. The van der Waals surface area contributed by atoms with Gasteiger partial charge in [-0.25, -0.2) is 0 Å². The minimum absolute atomic E-state index is 0.319. The van der Waals surface area contributed by atoms with Crippen LogP contribution in [0.1, 0.15) is 5.56 Å². The van der Waals surface area contributed by atoms with Crippen molar-refractivity contribution in [3.8, 4) is 18.2 Å². The lowest BCUT2D eigenvalue weighted by Crippen LogP contribution is -2.08. The first-order valence-corrected chi connectivity index (χ1v) is 6.27. The number of hydrogen-bond donors (Lipinski definition) is 1. The van der Waals surface area contributed by atoms with Gasteiger partial charge in [0.05, 0.1) is 26.3 Å². The van der Waals surface area contributed by atoms with Crippen LogP contribution in [0.2, 0.25) is 15.1 Å². The average molecular weight is 366 g/mol. The minimum Gasteiger partial charge on any atom is -0.343 e. The lowest BCUT2D eigenvalue weighted by molar-refractivity contribution is -0.137. The third-order valence-electron chi connectivity index (χ3n) is 2.30. The van der Waals surface area contributed by atoms with Crippen molar-refractivity contribution in [2.24, 2.45) is 0 Å². The van der Waals surface area contributed by atoms with Crippen LogP contribution in [0.3, 0.4) is 0 Å². The van der Waals surface area contributed by atoms with Gasteiger partial charge >= 0.3 is 6.18 Å². The van der Waals surface area contributed by atoms with Crippen LogP contribution in [-0.2, 0) is 6.18 Å². The smallest absolute Gasteiger partial charge is 0.343 e. The molecule has 0 bridgehead atoms. The highest BCUT2D eigenvalue weighted by Gasteiger charge is 2.35. The van der Waals surface area contributed by atoms with Crippen molar-refractivity contribution in [2.75, 3.05) is 5.32 Å². The molecule has 10 heteroatoms. The summed E-state index contributed by atoms with van der Waals surface area (Å²) in [5, 5.41) is 26.6. The normalized spacial score (nSPS) is 10.1. The summed E-state index contributed by atoms with van der Waals surface area (Å²) in [7, 11) is 0. The fraction of sp³-hybridized carbons (Fsp3) is 0.0833. The second-order valence-corrected chi connectivity index (χ2v) is 4.78. The molecule has 0 amide bonds. The van der Waals surface area contributed by atoms with Gasteiger partial charge in [-0.1, -0.05) is 34.8 Å². The highest BCUT2D eigenvalue weighted by Crippen LogP contribution is 2.45. The quantitative estimate of drug-likeness (QED) is 0.596. The summed E-state index contributed by atoms with van der Waals surface area (Å²) in [5.41, 5.74) is -2.69. The number of benzene rings is 1. The van der Waals surface area contributed by atoms with Gasteiger partial charge in [0.15, 0.2) is 5.57 Å². The zero-order valence-corrected chi connectivity index (χ0v) is 12.5. The molecule has 4 nitrogen and oxygen atoms in total. The number of nitrogens with one attached hydrogen (secondary N) is 1. The standard InChI is InChI=1S/C12H2Cl3F3N4/c13-7-1-6(12(16,17)18)9(14)10(15)11(7)22-8(4-21)5(2-19)3-20/h1,22H. The molecular formula is C12H2Cl3F3N4. The summed E-state index contributed by atoms with van der Waals surface area (Å²) >= 11 is 17.0. The average Bonchev–Trinajstić information content (AvgIpc) is 2.45. The molecule has 1 rings (SSSR count). The summed E-state index contributed by atoms with van der Waals surface area (Å²) in [6.45, 7) is 0. The lowest BCUT2D eigenvalue weighted by atomic mass is 10.1. The van der Waals surface area contributed by atoms with Crippen molar-refractivity contribution in [1.82, 2.24) is 0 Å². The second kappa shape index (κ2) is 6.77. The van der Waals surface area contributed by atoms with E-state index in [9.17, 15) is 13.2 Å². The van der Waals surface area contributed by atoms with Gasteiger partial charge in [-0.05, 0) is 6.07 Å². The van der Waals surface area contributed by atoms with Gasteiger partial charge in [0.25, 0.3) is 0 Å². The number of allylic oxidation sites excluding steroid dienone is 2. The van der Waals surface area contributed by atoms with Crippen LogP contribution >= 0.6 is 34.8 Å². The fourth-order valence-electron chi connectivity index (χ4n) is 1.32. The molecule has 1 aromatic carbocycles. The van der Waals surface area contributed by atoms with E-state index in [-0.39, 0.29) is 5.69 Å². The molecule has 1 aromatic rings. The van der Waals surface area contributed by atoms with Crippen LogP contribution in [0.25, 0.3) is 0 Å². The van der Waals surface area contributed by atoms with Gasteiger partial charge in [-0.2, -0.15) is 29.0 Å². The van der Waals surface area contributed by atoms with E-state index >= 15 is 0 Å². The van der Waals surface area contributed by atoms with Crippen molar-refractivity contribution >= 4 is 40.5 Å². The largest absolute Gasteiger partial charge is 0.417 e. The molecule has 0 aliphatic carbocycles. The molecule has 0 aromatic heterocycles. The first-order chi connectivity index (χ1) is 10.2. The first-order valence-electron chi connectivity index (χ1n) is 5.13. The Hall–Kier alpha value is -2.11. The third kappa shape index (κ3) is 3.55. The molecule has 1 N–H and O–H groups in total. The predicted molar refractivity (Wildman–Crippen MR) is 74.0 cm³/mol. The van der Waals surface area contributed by atoms with Crippen molar-refractivity contribution in [2.45, 2.75) is 6.18 Å². The molecule has 0 aliphatic rings. The van der Waals surface area contributed by atoms with E-state index in [1.165, 1.54) is 18.2 Å². The zero-order valence-electron chi connectivity index (χ0n) is 10.2. The van der Waals surface area contributed by atoms with Crippen molar-refractivity contribution in [3.05, 3.63) is 38.0 Å². The van der Waals surface area contributed by atoms with Gasteiger partial charge in [0.1, 0.15) is 23.9 Å². The molecule has 0 heterocycles. The van der Waals surface area contributed by atoms with Crippen molar-refractivity contribution < 1.29 is 13.2 Å². The van der Waals surface area contributed by atoms with Crippen molar-refractivity contribution in [3.63, 3.8) is 0 Å². The Balaban J connectivity index is 3.52. The predicted octanol–water partition coefficient (Wildman–Crippen LogP) is 4.90. The summed E-state index contributed by atoms with van der Waals surface area (Å²) in [4.78, 5) is 0. The number of anilines is 1. The van der Waals surface area contributed by atoms with E-state index in [0.29, 0.717) is 6.07 Å². The molecule has 0 saturated heterocycles. The maximum Gasteiger partial charge on any atom is 0.417 e. The highest BCUT2D eigenvalue weighted by atomic mass is 35.5. The summed E-state index contributed by atoms with van der Waals surface area (Å²) < 4.78 is 38.2. The van der Waals surface area contributed by atoms with E-state index in [1.807, 2.05) is 0 Å². The molecule has 0 unspecified atom stereocenters. The van der Waals surface area contributed by atoms with E-state index in [4.69, 9.17) is 50.6 Å². The SMILES string of the molecule is N#CC(C#N)=C(C#N)Nc1c(Cl)cc(C(F)(F)F)c(Cl)c1Cl. The lowest BCUT2D eigenvalue weighted by Gasteiger charge is -2.15. The van der Waals surface area contributed by atoms with Gasteiger partial charge in [0.2, 0.25) is 0 Å². The van der Waals surface area contributed by atoms with Crippen LogP contribution in [-0.4, -0.2) is 0 Å². The molecule has 0 fully saturated rings. The summed E-state index contributed by atoms with van der Waals surface area (Å²) in [6, 6.07) is 4.92. The number of rotatable bonds is 2. The van der Waals surface area contributed by atoms with Crippen LogP contribution in [0.4, 0.5) is 18.9 Å². The number of nitriles is 3. The number of hydrogen-bond acceptors (Lipinski definition) is 4. The molecular weight excluding hydrogens is 364 g/mol. The Kier molecular flexibility index (Phi) is 5.52. The Morgan fingerprint density at radius 3 is 1.95 bits per heavy atom. The molecule has 0 spiro atoms. The fourth-order valence-corrected chi connectivity index (χ4v) is 2.13. The Morgan fingerprint density at radius 1 is 1.00 bits per heavy atom. The van der Waals surface area contributed by atoms with E-state index in [2.05, 4.69) is 5.32 Å². The Morgan fingerprint density at radius 2 is 1.55 bits per heavy atom. The van der Waals surface area contributed by atoms with Crippen LogP contribution in [0.5, 0.6) is 0 Å². The topological polar surface area (TPSA) is 83.4 Å². The van der Waals surface area contributed by atoms with E-state index in [0.717, 1.165) is 0 Å². The van der Waals surface area contributed by atoms with Crippen LogP contribution in [0.15, 0.2) is 17.3 Å². The van der Waals surface area contributed by atoms with E-state index < -0.39 is 38.1 Å². The van der Waals surface area contributed by atoms with Gasteiger partial charge in [-0.3, -0.25) is 0 Å². The molecule has 112 valence electrons. The minimum atomic E-state index is -4.78. The number of halogens is 6. The number of alkyl halides is 3. The van der Waals surface area contributed by atoms with Gasteiger partial charge in [-0.15, -0.1) is 0 Å². The monoisotopic (exact) mass is 364 g/mol. The molecule has 0 atom stereocenters. The third-order valence-corrected chi connectivity index (χ3v) is 3.46.